The Hall–Kier alpha value is -3.18. The Bertz CT molecular complexity index is 960. The van der Waals surface area contributed by atoms with Crippen LogP contribution in [-0.2, 0) is 11.2 Å². The maximum Gasteiger partial charge on any atom is 0.224 e. The molecule has 1 unspecified atom stereocenters. The van der Waals surface area contributed by atoms with Gasteiger partial charge >= 0.3 is 0 Å². The van der Waals surface area contributed by atoms with Gasteiger partial charge in [-0.3, -0.25) is 9.48 Å². The second-order valence-electron chi connectivity index (χ2n) is 6.56. The summed E-state index contributed by atoms with van der Waals surface area (Å²) in [5, 5.41) is 9.45. The molecule has 5 heteroatoms. The van der Waals surface area contributed by atoms with Crippen molar-refractivity contribution in [2.24, 2.45) is 0 Å². The van der Waals surface area contributed by atoms with E-state index in [2.05, 4.69) is 40.7 Å². The number of nitrogens with zero attached hydrogens (tertiary/aromatic N) is 2. The van der Waals surface area contributed by atoms with Crippen LogP contribution in [0.1, 0.15) is 16.5 Å². The van der Waals surface area contributed by atoms with E-state index >= 15 is 0 Å². The van der Waals surface area contributed by atoms with E-state index in [0.717, 1.165) is 11.1 Å². The van der Waals surface area contributed by atoms with Gasteiger partial charge in [0.2, 0.25) is 5.91 Å². The van der Waals surface area contributed by atoms with Crippen LogP contribution in [0.3, 0.4) is 0 Å². The zero-order chi connectivity index (χ0) is 19.2. The minimum atomic E-state index is 0.0133. The van der Waals surface area contributed by atoms with Crippen molar-refractivity contribution in [3.05, 3.63) is 101 Å². The maximum absolute atomic E-state index is 12.5. The Labute approximate surface area is 168 Å². The molecule has 4 nitrogen and oxygen atoms in total. The molecule has 0 aliphatic rings. The molecule has 4 rings (SSSR count). The molecule has 0 spiro atoms. The first-order chi connectivity index (χ1) is 13.8. The van der Waals surface area contributed by atoms with Crippen molar-refractivity contribution in [3.63, 3.8) is 0 Å². The van der Waals surface area contributed by atoms with E-state index in [1.54, 1.807) is 17.5 Å². The topological polar surface area (TPSA) is 46.9 Å². The molecule has 0 saturated carbocycles. The molecule has 0 saturated heterocycles. The number of carbonyl (C=O) groups is 1. The van der Waals surface area contributed by atoms with E-state index in [1.165, 1.54) is 10.4 Å². The summed E-state index contributed by atoms with van der Waals surface area (Å²) in [5.41, 5.74) is 3.33. The molecule has 2 aromatic heterocycles. The van der Waals surface area contributed by atoms with Gasteiger partial charge in [-0.15, -0.1) is 11.3 Å². The molecular weight excluding hydrogens is 366 g/mol. The highest BCUT2D eigenvalue weighted by atomic mass is 32.1. The van der Waals surface area contributed by atoms with Gasteiger partial charge in [-0.05, 0) is 34.2 Å². The Morgan fingerprint density at radius 1 is 0.964 bits per heavy atom. The van der Waals surface area contributed by atoms with Crippen LogP contribution >= 0.6 is 11.3 Å². The average molecular weight is 388 g/mol. The molecule has 2 heterocycles. The molecule has 28 heavy (non-hydrogen) atoms. The van der Waals surface area contributed by atoms with Crippen LogP contribution in [0.25, 0.3) is 11.1 Å². The van der Waals surface area contributed by atoms with Crippen molar-refractivity contribution in [1.82, 2.24) is 15.1 Å². The van der Waals surface area contributed by atoms with Crippen LogP contribution in [0.15, 0.2) is 90.6 Å². The largest absolute Gasteiger partial charge is 0.353 e. The van der Waals surface area contributed by atoms with Gasteiger partial charge in [0.25, 0.3) is 0 Å². The third kappa shape index (κ3) is 4.38. The second-order valence-corrected chi connectivity index (χ2v) is 7.54. The summed E-state index contributed by atoms with van der Waals surface area (Å²) in [6.07, 6.45) is 4.06. The number of amides is 1. The molecule has 2 aromatic carbocycles. The summed E-state index contributed by atoms with van der Waals surface area (Å²) < 4.78 is 1.89. The van der Waals surface area contributed by atoms with Crippen LogP contribution in [0.2, 0.25) is 0 Å². The van der Waals surface area contributed by atoms with Crippen LogP contribution in [-0.4, -0.2) is 22.2 Å². The molecular formula is C23H21N3OS. The van der Waals surface area contributed by atoms with Gasteiger partial charge in [-0.1, -0.05) is 60.7 Å². The SMILES string of the molecule is O=C(Cc1ccc(-c2ccccc2)cc1)NCC(c1cccs1)n1cccn1. The summed E-state index contributed by atoms with van der Waals surface area (Å²) in [7, 11) is 0. The number of nitrogens with one attached hydrogen (secondary N) is 1. The number of hydrogen-bond acceptors (Lipinski definition) is 3. The lowest BCUT2D eigenvalue weighted by Crippen LogP contribution is -2.32. The van der Waals surface area contributed by atoms with E-state index in [1.807, 2.05) is 58.7 Å². The normalized spacial score (nSPS) is 11.9. The lowest BCUT2D eigenvalue weighted by Gasteiger charge is -2.17. The number of carbonyl (C=O) groups excluding carboxylic acids is 1. The first-order valence-electron chi connectivity index (χ1n) is 9.23. The van der Waals surface area contributed by atoms with Crippen LogP contribution in [0.4, 0.5) is 0 Å². The van der Waals surface area contributed by atoms with E-state index in [9.17, 15) is 4.79 Å². The molecule has 0 radical (unpaired) electrons. The van der Waals surface area contributed by atoms with Crippen LogP contribution in [0, 0.1) is 0 Å². The quantitative estimate of drug-likeness (QED) is 0.505. The molecule has 0 aliphatic heterocycles. The molecule has 1 amide bonds. The number of thiophene rings is 1. The van der Waals surface area contributed by atoms with Crippen molar-refractivity contribution in [3.8, 4) is 11.1 Å². The smallest absolute Gasteiger partial charge is 0.224 e. The fourth-order valence-electron chi connectivity index (χ4n) is 3.17. The van der Waals surface area contributed by atoms with Crippen molar-refractivity contribution in [1.29, 1.82) is 0 Å². The van der Waals surface area contributed by atoms with Gasteiger partial charge in [0.15, 0.2) is 0 Å². The van der Waals surface area contributed by atoms with E-state index in [-0.39, 0.29) is 11.9 Å². The van der Waals surface area contributed by atoms with Crippen LogP contribution < -0.4 is 5.32 Å². The van der Waals surface area contributed by atoms with Gasteiger partial charge in [0.05, 0.1) is 6.42 Å². The minimum absolute atomic E-state index is 0.0133. The fraction of sp³-hybridized carbons (Fsp3) is 0.130. The monoisotopic (exact) mass is 387 g/mol. The Balaban J connectivity index is 1.37. The summed E-state index contributed by atoms with van der Waals surface area (Å²) in [6, 6.07) is 24.4. The Morgan fingerprint density at radius 2 is 1.75 bits per heavy atom. The Kier molecular flexibility index (Phi) is 5.64. The van der Waals surface area contributed by atoms with Gasteiger partial charge in [0.1, 0.15) is 6.04 Å². The third-order valence-corrected chi connectivity index (χ3v) is 5.61. The summed E-state index contributed by atoms with van der Waals surface area (Å²) in [4.78, 5) is 13.7. The summed E-state index contributed by atoms with van der Waals surface area (Å²) in [5.74, 6) is 0.0150. The molecule has 0 fully saturated rings. The highest BCUT2D eigenvalue weighted by molar-refractivity contribution is 7.10. The first kappa shape index (κ1) is 18.2. The predicted molar refractivity (Wildman–Crippen MR) is 113 cm³/mol. The van der Waals surface area contributed by atoms with Gasteiger partial charge in [0, 0.05) is 23.8 Å². The highest BCUT2D eigenvalue weighted by Gasteiger charge is 2.16. The first-order valence-corrected chi connectivity index (χ1v) is 10.1. The third-order valence-electron chi connectivity index (χ3n) is 4.63. The number of hydrogen-bond donors (Lipinski definition) is 1. The molecule has 1 N–H and O–H groups in total. The van der Waals surface area contributed by atoms with E-state index in [4.69, 9.17) is 0 Å². The van der Waals surface area contributed by atoms with E-state index < -0.39 is 0 Å². The number of benzene rings is 2. The van der Waals surface area contributed by atoms with Crippen molar-refractivity contribution >= 4 is 17.2 Å². The molecule has 0 bridgehead atoms. The second kappa shape index (κ2) is 8.67. The molecule has 0 aliphatic carbocycles. The lowest BCUT2D eigenvalue weighted by molar-refractivity contribution is -0.120. The fourth-order valence-corrected chi connectivity index (χ4v) is 3.99. The summed E-state index contributed by atoms with van der Waals surface area (Å²) >= 11 is 1.67. The number of rotatable bonds is 7. The molecule has 4 aromatic rings. The van der Waals surface area contributed by atoms with Crippen molar-refractivity contribution in [2.45, 2.75) is 12.5 Å². The molecule has 1 atom stereocenters. The van der Waals surface area contributed by atoms with Crippen molar-refractivity contribution in [2.75, 3.05) is 6.54 Å². The Morgan fingerprint density at radius 3 is 2.43 bits per heavy atom. The van der Waals surface area contributed by atoms with Gasteiger partial charge < -0.3 is 5.32 Å². The zero-order valence-electron chi connectivity index (χ0n) is 15.4. The van der Waals surface area contributed by atoms with E-state index in [0.29, 0.717) is 13.0 Å². The predicted octanol–water partition coefficient (Wildman–Crippen LogP) is 4.56. The summed E-state index contributed by atoms with van der Waals surface area (Å²) in [6.45, 7) is 0.517. The minimum Gasteiger partial charge on any atom is -0.353 e. The van der Waals surface area contributed by atoms with Gasteiger partial charge in [-0.2, -0.15) is 5.10 Å². The highest BCUT2D eigenvalue weighted by Crippen LogP contribution is 2.22. The van der Waals surface area contributed by atoms with Crippen molar-refractivity contribution < 1.29 is 4.79 Å². The number of aromatic nitrogens is 2. The lowest BCUT2D eigenvalue weighted by atomic mass is 10.0. The standard InChI is InChI=1S/C23H21N3OS/c27-23(16-18-9-11-20(12-10-18)19-6-2-1-3-7-19)24-17-21(22-8-4-15-28-22)26-14-5-13-25-26/h1-15,21H,16-17H2,(H,24,27). The average Bonchev–Trinajstić information content (AvgIpc) is 3.44. The molecule has 140 valence electrons. The van der Waals surface area contributed by atoms with Crippen LogP contribution in [0.5, 0.6) is 0 Å². The zero-order valence-corrected chi connectivity index (χ0v) is 16.2. The maximum atomic E-state index is 12.5. The van der Waals surface area contributed by atoms with Gasteiger partial charge in [-0.25, -0.2) is 0 Å².